The van der Waals surface area contributed by atoms with Crippen LogP contribution < -0.4 is 4.90 Å². The highest BCUT2D eigenvalue weighted by atomic mass is 32.1. The summed E-state index contributed by atoms with van der Waals surface area (Å²) in [4.78, 5) is 26.1. The van der Waals surface area contributed by atoms with Crippen molar-refractivity contribution in [1.29, 1.82) is 0 Å². The van der Waals surface area contributed by atoms with Crippen molar-refractivity contribution in [3.05, 3.63) is 43.4 Å². The molecular weight excluding hydrogens is 308 g/mol. The second-order valence-corrected chi connectivity index (χ2v) is 7.12. The van der Waals surface area contributed by atoms with Crippen molar-refractivity contribution in [2.75, 3.05) is 4.90 Å². The number of hydrogen-bond donors (Lipinski definition) is 0. The molecule has 0 aliphatic heterocycles. The molecular formula is C14H14N2O3S2. The zero-order chi connectivity index (χ0) is 15.0. The van der Waals surface area contributed by atoms with Crippen molar-refractivity contribution in [3.63, 3.8) is 0 Å². The lowest BCUT2D eigenvalue weighted by Crippen LogP contribution is -2.24. The molecule has 0 unspecified atom stereocenters. The van der Waals surface area contributed by atoms with E-state index in [1.165, 1.54) is 29.2 Å². The first-order valence-electron chi connectivity index (χ1n) is 6.64. The molecule has 2 heterocycles. The number of anilines is 1. The van der Waals surface area contributed by atoms with Gasteiger partial charge >= 0.3 is 5.69 Å². The quantitative estimate of drug-likeness (QED) is 0.456. The molecule has 0 bridgehead atoms. The maximum atomic E-state index is 11.5. The van der Waals surface area contributed by atoms with E-state index in [1.54, 1.807) is 11.3 Å². The fourth-order valence-electron chi connectivity index (χ4n) is 2.21. The average molecular weight is 322 g/mol. The van der Waals surface area contributed by atoms with Gasteiger partial charge in [0.15, 0.2) is 10.8 Å². The van der Waals surface area contributed by atoms with Gasteiger partial charge in [0, 0.05) is 17.0 Å². The van der Waals surface area contributed by atoms with Gasteiger partial charge in [-0.2, -0.15) is 0 Å². The molecule has 0 N–H and O–H groups in total. The van der Waals surface area contributed by atoms with Gasteiger partial charge in [-0.25, -0.2) is 0 Å². The van der Waals surface area contributed by atoms with Crippen LogP contribution in [-0.4, -0.2) is 16.7 Å². The number of carbonyl (C=O) groups excluding carboxylic acids is 1. The number of thiophene rings is 2. The standard InChI is InChI=1S/C14H14N2O3S2/c1-9(17)13-7-12(16(18)19)14(21-13)15(10-4-5-10)8-11-3-2-6-20-11/h2-3,6-7,10H,4-5,8H2,1H3. The van der Waals surface area contributed by atoms with Gasteiger partial charge in [0.2, 0.25) is 0 Å². The molecule has 0 saturated heterocycles. The Kier molecular flexibility index (Phi) is 3.77. The van der Waals surface area contributed by atoms with Gasteiger partial charge in [0.1, 0.15) is 0 Å². The van der Waals surface area contributed by atoms with Gasteiger partial charge in [-0.05, 0) is 31.2 Å². The second-order valence-electron chi connectivity index (χ2n) is 5.05. The molecule has 0 aromatic carbocycles. The first kappa shape index (κ1) is 14.2. The molecule has 3 rings (SSSR count). The van der Waals surface area contributed by atoms with Crippen LogP contribution in [-0.2, 0) is 6.54 Å². The zero-order valence-electron chi connectivity index (χ0n) is 11.4. The third kappa shape index (κ3) is 2.98. The summed E-state index contributed by atoms with van der Waals surface area (Å²) in [6.45, 7) is 2.11. The largest absolute Gasteiger partial charge is 0.350 e. The lowest BCUT2D eigenvalue weighted by Gasteiger charge is -2.21. The Bertz CT molecular complexity index is 674. The number of Topliss-reactive ketones (excluding diaryl/α,β-unsaturated/α-hetero) is 1. The summed E-state index contributed by atoms with van der Waals surface area (Å²) in [5, 5.41) is 13.9. The molecule has 5 nitrogen and oxygen atoms in total. The number of carbonyl (C=O) groups is 1. The summed E-state index contributed by atoms with van der Waals surface area (Å²) in [6, 6.07) is 5.77. The van der Waals surface area contributed by atoms with Crippen LogP contribution in [0.5, 0.6) is 0 Å². The van der Waals surface area contributed by atoms with Crippen LogP contribution in [0.3, 0.4) is 0 Å². The van der Waals surface area contributed by atoms with Gasteiger partial charge in [0.25, 0.3) is 0 Å². The summed E-state index contributed by atoms with van der Waals surface area (Å²) in [5.74, 6) is -0.124. The summed E-state index contributed by atoms with van der Waals surface area (Å²) in [7, 11) is 0. The summed E-state index contributed by atoms with van der Waals surface area (Å²) >= 11 is 2.88. The molecule has 110 valence electrons. The van der Waals surface area contributed by atoms with Crippen molar-refractivity contribution >= 4 is 39.1 Å². The van der Waals surface area contributed by atoms with E-state index >= 15 is 0 Å². The van der Waals surface area contributed by atoms with Crippen LogP contribution in [0.25, 0.3) is 0 Å². The molecule has 7 heteroatoms. The first-order chi connectivity index (χ1) is 10.1. The molecule has 21 heavy (non-hydrogen) atoms. The average Bonchev–Trinajstić information content (AvgIpc) is 2.98. The molecule has 0 radical (unpaired) electrons. The van der Waals surface area contributed by atoms with E-state index in [0.29, 0.717) is 22.5 Å². The Labute approximate surface area is 130 Å². The summed E-state index contributed by atoms with van der Waals surface area (Å²) in [5.41, 5.74) is 0.0497. The lowest BCUT2D eigenvalue weighted by molar-refractivity contribution is -0.383. The minimum absolute atomic E-state index is 0.0497. The Balaban J connectivity index is 1.98. The van der Waals surface area contributed by atoms with Crippen LogP contribution in [0.2, 0.25) is 0 Å². The third-order valence-electron chi connectivity index (χ3n) is 3.39. The minimum Gasteiger partial charge on any atom is -0.350 e. The predicted molar refractivity (Wildman–Crippen MR) is 84.5 cm³/mol. The van der Waals surface area contributed by atoms with E-state index in [2.05, 4.69) is 4.90 Å². The SMILES string of the molecule is CC(=O)c1cc([N+](=O)[O-])c(N(Cc2cccs2)C2CC2)s1. The van der Waals surface area contributed by atoms with Gasteiger partial charge < -0.3 is 4.90 Å². The Morgan fingerprint density at radius 1 is 1.52 bits per heavy atom. The van der Waals surface area contributed by atoms with Crippen LogP contribution in [0.15, 0.2) is 23.6 Å². The summed E-state index contributed by atoms with van der Waals surface area (Å²) in [6.07, 6.45) is 2.10. The van der Waals surface area contributed by atoms with Crippen molar-refractivity contribution in [2.45, 2.75) is 32.4 Å². The number of ketones is 1. The molecule has 0 spiro atoms. The smallest absolute Gasteiger partial charge is 0.304 e. The van der Waals surface area contributed by atoms with E-state index < -0.39 is 0 Å². The maximum Gasteiger partial charge on any atom is 0.304 e. The Morgan fingerprint density at radius 3 is 2.81 bits per heavy atom. The van der Waals surface area contributed by atoms with Crippen molar-refractivity contribution in [3.8, 4) is 0 Å². The third-order valence-corrected chi connectivity index (χ3v) is 5.52. The van der Waals surface area contributed by atoms with Crippen molar-refractivity contribution < 1.29 is 9.72 Å². The highest BCUT2D eigenvalue weighted by molar-refractivity contribution is 7.18. The van der Waals surface area contributed by atoms with Gasteiger partial charge in [-0.15, -0.1) is 22.7 Å². The number of rotatable bonds is 6. The topological polar surface area (TPSA) is 63.4 Å². The molecule has 2 aromatic heterocycles. The maximum absolute atomic E-state index is 11.5. The monoisotopic (exact) mass is 322 g/mol. The second kappa shape index (κ2) is 5.57. The summed E-state index contributed by atoms with van der Waals surface area (Å²) < 4.78 is 0. The van der Waals surface area contributed by atoms with Gasteiger partial charge in [-0.1, -0.05) is 6.07 Å². The molecule has 1 aliphatic rings. The number of nitrogens with zero attached hydrogens (tertiary/aromatic N) is 2. The lowest BCUT2D eigenvalue weighted by atomic mass is 10.3. The fraction of sp³-hybridized carbons (Fsp3) is 0.357. The number of nitro groups is 1. The van der Waals surface area contributed by atoms with E-state index in [1.807, 2.05) is 17.5 Å². The Hall–Kier alpha value is -1.73. The predicted octanol–water partition coefficient (Wildman–Crippen LogP) is 4.09. The van der Waals surface area contributed by atoms with Gasteiger partial charge in [-0.3, -0.25) is 14.9 Å². The van der Waals surface area contributed by atoms with Crippen LogP contribution in [0, 0.1) is 10.1 Å². The number of hydrogen-bond acceptors (Lipinski definition) is 6. The first-order valence-corrected chi connectivity index (χ1v) is 8.34. The van der Waals surface area contributed by atoms with E-state index in [-0.39, 0.29) is 16.4 Å². The van der Waals surface area contributed by atoms with Crippen LogP contribution in [0.1, 0.15) is 34.3 Å². The van der Waals surface area contributed by atoms with Crippen LogP contribution in [0.4, 0.5) is 10.7 Å². The highest BCUT2D eigenvalue weighted by Gasteiger charge is 2.35. The van der Waals surface area contributed by atoms with Crippen molar-refractivity contribution in [2.24, 2.45) is 0 Å². The molecule has 0 amide bonds. The van der Waals surface area contributed by atoms with E-state index in [0.717, 1.165) is 12.8 Å². The normalized spacial score (nSPS) is 14.1. The van der Waals surface area contributed by atoms with Crippen molar-refractivity contribution in [1.82, 2.24) is 0 Å². The zero-order valence-corrected chi connectivity index (χ0v) is 13.1. The molecule has 1 aliphatic carbocycles. The Morgan fingerprint density at radius 2 is 2.29 bits per heavy atom. The van der Waals surface area contributed by atoms with Crippen LogP contribution >= 0.6 is 22.7 Å². The highest BCUT2D eigenvalue weighted by Crippen LogP contribution is 2.44. The minimum atomic E-state index is -0.387. The van der Waals surface area contributed by atoms with E-state index in [9.17, 15) is 14.9 Å². The van der Waals surface area contributed by atoms with Gasteiger partial charge in [0.05, 0.1) is 16.3 Å². The fourth-order valence-corrected chi connectivity index (χ4v) is 4.00. The molecule has 0 atom stereocenters. The molecule has 2 aromatic rings. The molecule has 1 saturated carbocycles. The van der Waals surface area contributed by atoms with E-state index in [4.69, 9.17) is 0 Å². The molecule has 1 fully saturated rings.